The van der Waals surface area contributed by atoms with Crippen LogP contribution < -0.4 is 0 Å². The summed E-state index contributed by atoms with van der Waals surface area (Å²) in [5, 5.41) is 10.9. The van der Waals surface area contributed by atoms with E-state index in [1.165, 1.54) is 24.3 Å². The van der Waals surface area contributed by atoms with Crippen molar-refractivity contribution in [2.75, 3.05) is 0 Å². The van der Waals surface area contributed by atoms with Crippen LogP contribution in [0.25, 0.3) is 5.70 Å². The Hall–Kier alpha value is -4.06. The van der Waals surface area contributed by atoms with Gasteiger partial charge in [-0.05, 0) is 29.7 Å². The molecule has 4 rings (SSSR count). The first-order valence-electron chi connectivity index (χ1n) is 9.96. The third-order valence-electron chi connectivity index (χ3n) is 5.29. The van der Waals surface area contributed by atoms with E-state index in [-0.39, 0.29) is 23.8 Å². The predicted molar refractivity (Wildman–Crippen MR) is 117 cm³/mol. The van der Waals surface area contributed by atoms with Crippen molar-refractivity contribution in [1.29, 1.82) is 0 Å². The minimum absolute atomic E-state index is 0.0389. The SMILES string of the molecule is O=C(C1=C(c2ccccc2)N(Cc2ccccc2)C(=O)CC1)c1ccc([N+](=O)[O-])cc1. The highest BCUT2D eigenvalue weighted by Crippen LogP contribution is 2.34. The Morgan fingerprint density at radius 2 is 1.48 bits per heavy atom. The van der Waals surface area contributed by atoms with E-state index in [0.29, 0.717) is 29.8 Å². The van der Waals surface area contributed by atoms with Gasteiger partial charge in [0.25, 0.3) is 5.69 Å². The Kier molecular flexibility index (Phi) is 5.71. The average Bonchev–Trinajstić information content (AvgIpc) is 2.81. The van der Waals surface area contributed by atoms with Crippen LogP contribution in [0.4, 0.5) is 5.69 Å². The second-order valence-corrected chi connectivity index (χ2v) is 7.29. The van der Waals surface area contributed by atoms with Crippen molar-refractivity contribution in [3.8, 4) is 0 Å². The molecule has 1 amide bonds. The normalized spacial score (nSPS) is 13.9. The Labute approximate surface area is 179 Å². The molecular weight excluding hydrogens is 392 g/mol. The minimum Gasteiger partial charge on any atom is -0.307 e. The lowest BCUT2D eigenvalue weighted by Crippen LogP contribution is -2.34. The maximum Gasteiger partial charge on any atom is 0.269 e. The van der Waals surface area contributed by atoms with E-state index in [4.69, 9.17) is 0 Å². The van der Waals surface area contributed by atoms with E-state index in [1.807, 2.05) is 60.7 Å². The molecule has 0 aromatic heterocycles. The molecule has 154 valence electrons. The van der Waals surface area contributed by atoms with Gasteiger partial charge in [0.15, 0.2) is 5.78 Å². The standard InChI is InChI=1S/C25H20N2O4/c28-23-16-15-22(25(29)20-11-13-21(14-12-20)27(30)31)24(19-9-5-2-6-10-19)26(23)17-18-7-3-1-4-8-18/h1-14H,15-17H2. The molecule has 0 spiro atoms. The lowest BCUT2D eigenvalue weighted by Gasteiger charge is -2.32. The number of rotatable bonds is 6. The van der Waals surface area contributed by atoms with E-state index >= 15 is 0 Å². The van der Waals surface area contributed by atoms with Gasteiger partial charge in [0.05, 0.1) is 17.2 Å². The fourth-order valence-corrected chi connectivity index (χ4v) is 3.76. The third kappa shape index (κ3) is 4.28. The topological polar surface area (TPSA) is 80.5 Å². The molecule has 0 fully saturated rings. The smallest absolute Gasteiger partial charge is 0.269 e. The number of hydrogen-bond acceptors (Lipinski definition) is 4. The van der Waals surface area contributed by atoms with Crippen LogP contribution in [-0.2, 0) is 11.3 Å². The van der Waals surface area contributed by atoms with Crippen molar-refractivity contribution in [3.63, 3.8) is 0 Å². The molecule has 6 nitrogen and oxygen atoms in total. The van der Waals surface area contributed by atoms with Crippen molar-refractivity contribution in [2.45, 2.75) is 19.4 Å². The number of Topliss-reactive ketones (excluding diaryl/α,β-unsaturated/α-hetero) is 1. The van der Waals surface area contributed by atoms with Gasteiger partial charge in [0, 0.05) is 29.7 Å². The number of nitrogens with zero attached hydrogens (tertiary/aromatic N) is 2. The molecule has 0 aliphatic carbocycles. The molecule has 1 heterocycles. The Morgan fingerprint density at radius 1 is 0.871 bits per heavy atom. The van der Waals surface area contributed by atoms with Gasteiger partial charge in [0.2, 0.25) is 5.91 Å². The Bertz CT molecular complexity index is 1150. The van der Waals surface area contributed by atoms with E-state index in [0.717, 1.165) is 11.1 Å². The lowest BCUT2D eigenvalue weighted by molar-refractivity contribution is -0.384. The second kappa shape index (κ2) is 8.75. The summed E-state index contributed by atoms with van der Waals surface area (Å²) in [5.41, 5.74) is 3.19. The molecule has 0 atom stereocenters. The molecule has 1 aliphatic heterocycles. The molecule has 0 unspecified atom stereocenters. The molecule has 3 aromatic carbocycles. The number of ketones is 1. The van der Waals surface area contributed by atoms with Crippen LogP contribution in [0.5, 0.6) is 0 Å². The number of hydrogen-bond donors (Lipinski definition) is 0. The van der Waals surface area contributed by atoms with Gasteiger partial charge in [-0.1, -0.05) is 60.7 Å². The van der Waals surface area contributed by atoms with Gasteiger partial charge < -0.3 is 4.90 Å². The van der Waals surface area contributed by atoms with Crippen molar-refractivity contribution >= 4 is 23.1 Å². The molecule has 0 N–H and O–H groups in total. The zero-order valence-corrected chi connectivity index (χ0v) is 16.7. The molecule has 31 heavy (non-hydrogen) atoms. The number of carbonyl (C=O) groups excluding carboxylic acids is 2. The minimum atomic E-state index is -0.496. The Balaban J connectivity index is 1.80. The monoisotopic (exact) mass is 412 g/mol. The quantitative estimate of drug-likeness (QED) is 0.324. The van der Waals surface area contributed by atoms with Crippen molar-refractivity contribution in [3.05, 3.63) is 117 Å². The van der Waals surface area contributed by atoms with Crippen LogP contribution >= 0.6 is 0 Å². The first kappa shape index (κ1) is 20.2. The molecule has 3 aromatic rings. The number of non-ortho nitro benzene ring substituents is 1. The molecule has 1 aliphatic rings. The summed E-state index contributed by atoms with van der Waals surface area (Å²) < 4.78 is 0. The summed E-state index contributed by atoms with van der Waals surface area (Å²) in [7, 11) is 0. The maximum atomic E-state index is 13.4. The predicted octanol–water partition coefficient (Wildman–Crippen LogP) is 5.01. The van der Waals surface area contributed by atoms with Crippen LogP contribution in [-0.4, -0.2) is 21.5 Å². The molecule has 6 heteroatoms. The van der Waals surface area contributed by atoms with E-state index < -0.39 is 4.92 Å². The second-order valence-electron chi connectivity index (χ2n) is 7.29. The number of nitro groups is 1. The first-order chi connectivity index (χ1) is 15.0. The summed E-state index contributed by atoms with van der Waals surface area (Å²) in [6.07, 6.45) is 0.557. The molecular formula is C25H20N2O4. The van der Waals surface area contributed by atoms with E-state index in [2.05, 4.69) is 0 Å². The summed E-state index contributed by atoms with van der Waals surface area (Å²) in [6.45, 7) is 0.362. The summed E-state index contributed by atoms with van der Waals surface area (Å²) in [6, 6.07) is 24.6. The molecule has 0 saturated carbocycles. The summed E-state index contributed by atoms with van der Waals surface area (Å²) in [5.74, 6) is -0.262. The van der Waals surface area contributed by atoms with E-state index in [9.17, 15) is 19.7 Å². The van der Waals surface area contributed by atoms with Crippen LogP contribution in [0.1, 0.15) is 34.3 Å². The van der Waals surface area contributed by atoms with Crippen molar-refractivity contribution in [1.82, 2.24) is 4.90 Å². The Morgan fingerprint density at radius 3 is 2.10 bits per heavy atom. The van der Waals surface area contributed by atoms with Crippen LogP contribution in [0.3, 0.4) is 0 Å². The maximum absolute atomic E-state index is 13.4. The molecule has 0 bridgehead atoms. The number of amides is 1. The first-order valence-corrected chi connectivity index (χ1v) is 9.96. The van der Waals surface area contributed by atoms with E-state index in [1.54, 1.807) is 4.90 Å². The van der Waals surface area contributed by atoms with Gasteiger partial charge in [-0.2, -0.15) is 0 Å². The number of benzene rings is 3. The summed E-state index contributed by atoms with van der Waals surface area (Å²) >= 11 is 0. The number of carbonyl (C=O) groups is 2. The zero-order chi connectivity index (χ0) is 21.8. The third-order valence-corrected chi connectivity index (χ3v) is 5.29. The van der Waals surface area contributed by atoms with Gasteiger partial charge in [-0.15, -0.1) is 0 Å². The fourth-order valence-electron chi connectivity index (χ4n) is 3.76. The highest BCUT2D eigenvalue weighted by molar-refractivity contribution is 6.15. The lowest BCUT2D eigenvalue weighted by atomic mass is 9.90. The van der Waals surface area contributed by atoms with Crippen LogP contribution in [0, 0.1) is 10.1 Å². The van der Waals surface area contributed by atoms with Gasteiger partial charge >= 0.3 is 0 Å². The highest BCUT2D eigenvalue weighted by atomic mass is 16.6. The summed E-state index contributed by atoms with van der Waals surface area (Å²) in [4.78, 5) is 38.4. The number of nitro benzene ring substituents is 1. The van der Waals surface area contributed by atoms with Crippen LogP contribution in [0.15, 0.2) is 90.5 Å². The van der Waals surface area contributed by atoms with Crippen molar-refractivity contribution in [2.24, 2.45) is 0 Å². The zero-order valence-electron chi connectivity index (χ0n) is 16.7. The van der Waals surface area contributed by atoms with Gasteiger partial charge in [-0.25, -0.2) is 0 Å². The molecule has 0 saturated heterocycles. The fraction of sp³-hybridized carbons (Fsp3) is 0.120. The van der Waals surface area contributed by atoms with Gasteiger partial charge in [0.1, 0.15) is 0 Å². The highest BCUT2D eigenvalue weighted by Gasteiger charge is 2.31. The molecule has 0 radical (unpaired) electrons. The van der Waals surface area contributed by atoms with Gasteiger partial charge in [-0.3, -0.25) is 19.7 Å². The largest absolute Gasteiger partial charge is 0.307 e. The number of allylic oxidation sites excluding steroid dienone is 1. The average molecular weight is 412 g/mol. The van der Waals surface area contributed by atoms with Crippen molar-refractivity contribution < 1.29 is 14.5 Å². The van der Waals surface area contributed by atoms with Crippen LogP contribution in [0.2, 0.25) is 0 Å².